The molecule has 6 nitrogen and oxygen atoms in total. The van der Waals surface area contributed by atoms with Gasteiger partial charge < -0.3 is 20.3 Å². The molecule has 0 spiro atoms. The molecule has 0 unspecified atom stereocenters. The number of carbonyl (C=O) groups is 2. The van der Waals surface area contributed by atoms with Gasteiger partial charge in [0.25, 0.3) is 5.91 Å². The molecule has 0 aliphatic rings. The molecule has 7 heteroatoms. The van der Waals surface area contributed by atoms with E-state index in [0.717, 1.165) is 0 Å². The van der Waals surface area contributed by atoms with Crippen LogP contribution in [0.15, 0.2) is 18.2 Å². The van der Waals surface area contributed by atoms with Gasteiger partial charge in [-0.25, -0.2) is 4.79 Å². The molecule has 0 radical (unpaired) electrons. The second-order valence-electron chi connectivity index (χ2n) is 4.23. The summed E-state index contributed by atoms with van der Waals surface area (Å²) in [6.45, 7) is 0.652. The second kappa shape index (κ2) is 7.59. The fourth-order valence-electron chi connectivity index (χ4n) is 1.46. The lowest BCUT2D eigenvalue weighted by Gasteiger charge is -2.13. The highest BCUT2D eigenvalue weighted by Gasteiger charge is 2.12. The lowest BCUT2D eigenvalue weighted by Crippen LogP contribution is -2.39. The van der Waals surface area contributed by atoms with Crippen LogP contribution in [0.4, 0.5) is 4.79 Å². The number of hydrogen-bond acceptors (Lipinski definition) is 3. The third kappa shape index (κ3) is 4.62. The highest BCUT2D eigenvalue weighted by Crippen LogP contribution is 2.22. The van der Waals surface area contributed by atoms with E-state index in [9.17, 15) is 9.59 Å². The first kappa shape index (κ1) is 16.1. The topological polar surface area (TPSA) is 70.7 Å². The summed E-state index contributed by atoms with van der Waals surface area (Å²) in [5, 5.41) is 5.78. The van der Waals surface area contributed by atoms with E-state index in [-0.39, 0.29) is 11.9 Å². The van der Waals surface area contributed by atoms with Crippen molar-refractivity contribution in [1.82, 2.24) is 15.5 Å². The summed E-state index contributed by atoms with van der Waals surface area (Å²) in [6.07, 6.45) is 0. The minimum atomic E-state index is -0.302. The van der Waals surface area contributed by atoms with Crippen molar-refractivity contribution in [3.05, 3.63) is 28.8 Å². The highest BCUT2D eigenvalue weighted by atomic mass is 35.5. The number of carbonyl (C=O) groups excluding carboxylic acids is 2. The van der Waals surface area contributed by atoms with Crippen LogP contribution in [-0.2, 0) is 0 Å². The quantitative estimate of drug-likeness (QED) is 0.806. The van der Waals surface area contributed by atoms with E-state index in [1.807, 2.05) is 0 Å². The Kier molecular flexibility index (Phi) is 6.11. The van der Waals surface area contributed by atoms with Crippen LogP contribution >= 0.6 is 11.6 Å². The van der Waals surface area contributed by atoms with E-state index >= 15 is 0 Å². The number of nitrogens with one attached hydrogen (secondary N) is 2. The maximum absolute atomic E-state index is 12.0. The minimum Gasteiger partial charge on any atom is -0.496 e. The molecule has 0 bridgehead atoms. The Morgan fingerprint density at radius 3 is 2.50 bits per heavy atom. The summed E-state index contributed by atoms with van der Waals surface area (Å²) in [7, 11) is 4.77. The van der Waals surface area contributed by atoms with E-state index < -0.39 is 0 Å². The first-order valence-electron chi connectivity index (χ1n) is 6.02. The van der Waals surface area contributed by atoms with Crippen LogP contribution in [-0.4, -0.2) is 51.1 Å². The Bertz CT molecular complexity index is 492. The van der Waals surface area contributed by atoms with Crippen LogP contribution in [0.2, 0.25) is 5.02 Å². The summed E-state index contributed by atoms with van der Waals surface area (Å²) < 4.78 is 5.10. The SMILES string of the molecule is COc1ccc(Cl)cc1C(=O)NCCNC(=O)N(C)C. The zero-order chi connectivity index (χ0) is 15.1. The van der Waals surface area contributed by atoms with Gasteiger partial charge in [0.2, 0.25) is 0 Å². The van der Waals surface area contributed by atoms with Crippen LogP contribution in [0, 0.1) is 0 Å². The van der Waals surface area contributed by atoms with Crippen molar-refractivity contribution in [2.75, 3.05) is 34.3 Å². The Morgan fingerprint density at radius 1 is 1.25 bits per heavy atom. The number of rotatable bonds is 5. The van der Waals surface area contributed by atoms with Crippen LogP contribution in [0.25, 0.3) is 0 Å². The molecular weight excluding hydrogens is 282 g/mol. The molecule has 3 amide bonds. The van der Waals surface area contributed by atoms with Crippen molar-refractivity contribution in [2.45, 2.75) is 0 Å². The average Bonchev–Trinajstić information content (AvgIpc) is 2.42. The Balaban J connectivity index is 2.51. The third-order valence-corrected chi connectivity index (χ3v) is 2.73. The predicted molar refractivity (Wildman–Crippen MR) is 77.4 cm³/mol. The molecule has 1 aromatic rings. The van der Waals surface area contributed by atoms with Gasteiger partial charge in [0.15, 0.2) is 0 Å². The molecule has 0 saturated heterocycles. The summed E-state index contributed by atoms with van der Waals surface area (Å²) in [4.78, 5) is 24.7. The molecule has 0 heterocycles. The Hall–Kier alpha value is -1.95. The summed E-state index contributed by atoms with van der Waals surface area (Å²) in [5.41, 5.74) is 0.360. The van der Waals surface area contributed by atoms with Crippen LogP contribution in [0.5, 0.6) is 5.75 Å². The number of nitrogens with zero attached hydrogens (tertiary/aromatic N) is 1. The zero-order valence-corrected chi connectivity index (χ0v) is 12.5. The van der Waals surface area contributed by atoms with Crippen LogP contribution in [0.1, 0.15) is 10.4 Å². The van der Waals surface area contributed by atoms with E-state index in [1.54, 1.807) is 26.2 Å². The Morgan fingerprint density at radius 2 is 1.90 bits per heavy atom. The number of methoxy groups -OCH3 is 1. The van der Waals surface area contributed by atoms with Gasteiger partial charge in [-0.3, -0.25) is 4.79 Å². The first-order valence-corrected chi connectivity index (χ1v) is 6.40. The summed E-state index contributed by atoms with van der Waals surface area (Å²) in [6, 6.07) is 4.60. The lowest BCUT2D eigenvalue weighted by molar-refractivity contribution is 0.0950. The molecule has 1 aromatic carbocycles. The van der Waals surface area contributed by atoms with Crippen LogP contribution < -0.4 is 15.4 Å². The molecule has 0 aliphatic carbocycles. The van der Waals surface area contributed by atoms with Crippen molar-refractivity contribution in [3.63, 3.8) is 0 Å². The summed E-state index contributed by atoms with van der Waals surface area (Å²) >= 11 is 5.86. The molecule has 1 rings (SSSR count). The molecule has 20 heavy (non-hydrogen) atoms. The average molecular weight is 300 g/mol. The minimum absolute atomic E-state index is 0.209. The monoisotopic (exact) mass is 299 g/mol. The third-order valence-electron chi connectivity index (χ3n) is 2.50. The van der Waals surface area contributed by atoms with E-state index in [4.69, 9.17) is 16.3 Å². The summed E-state index contributed by atoms with van der Waals surface area (Å²) in [5.74, 6) is 0.146. The normalized spacial score (nSPS) is 9.80. The van der Waals surface area contributed by atoms with Crippen molar-refractivity contribution >= 4 is 23.5 Å². The molecule has 0 atom stereocenters. The number of urea groups is 1. The van der Waals surface area contributed by atoms with Gasteiger partial charge >= 0.3 is 6.03 Å². The fourth-order valence-corrected chi connectivity index (χ4v) is 1.63. The van der Waals surface area contributed by atoms with E-state index in [0.29, 0.717) is 29.4 Å². The van der Waals surface area contributed by atoms with Gasteiger partial charge in [0, 0.05) is 32.2 Å². The van der Waals surface area contributed by atoms with Crippen molar-refractivity contribution in [1.29, 1.82) is 0 Å². The number of hydrogen-bond donors (Lipinski definition) is 2. The van der Waals surface area contributed by atoms with Gasteiger partial charge in [0.1, 0.15) is 5.75 Å². The second-order valence-corrected chi connectivity index (χ2v) is 4.66. The molecule has 2 N–H and O–H groups in total. The maximum Gasteiger partial charge on any atom is 0.316 e. The van der Waals surface area contributed by atoms with Gasteiger partial charge in [0.05, 0.1) is 12.7 Å². The van der Waals surface area contributed by atoms with Gasteiger partial charge in [-0.1, -0.05) is 11.6 Å². The molecular formula is C13H18ClN3O3. The molecule has 0 aromatic heterocycles. The zero-order valence-electron chi connectivity index (χ0n) is 11.7. The standard InChI is InChI=1S/C13H18ClN3O3/c1-17(2)13(19)16-7-6-15-12(18)10-8-9(14)4-5-11(10)20-3/h4-5,8H,6-7H2,1-3H3,(H,15,18)(H,16,19). The van der Waals surface area contributed by atoms with E-state index in [1.165, 1.54) is 18.1 Å². The number of halogens is 1. The number of benzene rings is 1. The molecule has 110 valence electrons. The predicted octanol–water partition coefficient (Wildman–Crippen LogP) is 1.35. The van der Waals surface area contributed by atoms with Gasteiger partial charge in [-0.2, -0.15) is 0 Å². The number of ether oxygens (including phenoxy) is 1. The lowest BCUT2D eigenvalue weighted by atomic mass is 10.2. The van der Waals surface area contributed by atoms with Gasteiger partial charge in [-0.15, -0.1) is 0 Å². The van der Waals surface area contributed by atoms with Crippen LogP contribution in [0.3, 0.4) is 0 Å². The largest absolute Gasteiger partial charge is 0.496 e. The maximum atomic E-state index is 12.0. The fraction of sp³-hybridized carbons (Fsp3) is 0.385. The van der Waals surface area contributed by atoms with E-state index in [2.05, 4.69) is 10.6 Å². The molecule has 0 fully saturated rings. The first-order chi connectivity index (χ1) is 9.45. The molecule has 0 saturated carbocycles. The molecule has 0 aliphatic heterocycles. The van der Waals surface area contributed by atoms with Crippen molar-refractivity contribution in [2.24, 2.45) is 0 Å². The smallest absolute Gasteiger partial charge is 0.316 e. The van der Waals surface area contributed by atoms with Crippen molar-refractivity contribution in [3.8, 4) is 5.75 Å². The number of amides is 3. The highest BCUT2D eigenvalue weighted by molar-refractivity contribution is 6.31. The Labute approximate surface area is 123 Å². The van der Waals surface area contributed by atoms with Crippen molar-refractivity contribution < 1.29 is 14.3 Å². The van der Waals surface area contributed by atoms with Gasteiger partial charge in [-0.05, 0) is 18.2 Å².